The Labute approximate surface area is 197 Å². The van der Waals surface area contributed by atoms with Crippen molar-refractivity contribution in [2.45, 2.75) is 119 Å². The van der Waals surface area contributed by atoms with E-state index in [4.69, 9.17) is 4.74 Å². The maximum Gasteiger partial charge on any atom is 0.138 e. The molecule has 6 fully saturated rings. The number of fused-ring (bicyclic) bond motifs is 5. The number of hydrogen-bond acceptors (Lipinski definition) is 2. The maximum atomic E-state index is 12.9. The molecule has 32 heavy (non-hydrogen) atoms. The van der Waals surface area contributed by atoms with Gasteiger partial charge in [0.25, 0.3) is 0 Å². The van der Waals surface area contributed by atoms with Gasteiger partial charge in [0.2, 0.25) is 0 Å². The van der Waals surface area contributed by atoms with Crippen molar-refractivity contribution in [2.24, 2.45) is 56.2 Å². The number of hydrogen-bond donors (Lipinski definition) is 0. The van der Waals surface area contributed by atoms with Crippen LogP contribution in [0.2, 0.25) is 0 Å². The first-order valence-corrected chi connectivity index (χ1v) is 14.0. The normalized spacial score (nSPS) is 57.7. The van der Waals surface area contributed by atoms with Gasteiger partial charge in [-0.05, 0) is 109 Å². The fraction of sp³-hybridized carbons (Fsp3) is 0.967. The largest absolute Gasteiger partial charge is 0.377 e. The molecule has 1 heterocycles. The quantitative estimate of drug-likeness (QED) is 0.391. The van der Waals surface area contributed by atoms with Crippen LogP contribution in [-0.2, 0) is 9.53 Å². The van der Waals surface area contributed by atoms with Gasteiger partial charge in [0, 0.05) is 11.8 Å². The molecule has 2 heteroatoms. The molecule has 5 saturated carbocycles. The zero-order valence-corrected chi connectivity index (χ0v) is 22.0. The summed E-state index contributed by atoms with van der Waals surface area (Å²) in [5.41, 5.74) is 1.83. The van der Waals surface area contributed by atoms with Crippen LogP contribution in [0.3, 0.4) is 0 Å². The lowest BCUT2D eigenvalue weighted by molar-refractivity contribution is -0.239. The molecule has 0 spiro atoms. The molecule has 6 rings (SSSR count). The second-order valence-corrected chi connectivity index (χ2v) is 15.4. The van der Waals surface area contributed by atoms with Crippen molar-refractivity contribution in [2.75, 3.05) is 6.61 Å². The topological polar surface area (TPSA) is 26.3 Å². The Bertz CT molecular complexity index is 842. The highest BCUT2D eigenvalue weighted by atomic mass is 16.5. The summed E-state index contributed by atoms with van der Waals surface area (Å²) in [4.78, 5) is 12.9. The van der Waals surface area contributed by atoms with Gasteiger partial charge >= 0.3 is 0 Å². The van der Waals surface area contributed by atoms with E-state index in [0.29, 0.717) is 44.9 Å². The summed E-state index contributed by atoms with van der Waals surface area (Å²) in [7, 11) is 0. The Hall–Kier alpha value is -0.370. The van der Waals surface area contributed by atoms with Crippen LogP contribution in [0.5, 0.6) is 0 Å². The minimum absolute atomic E-state index is 0.136. The fourth-order valence-electron chi connectivity index (χ4n) is 11.8. The van der Waals surface area contributed by atoms with Crippen molar-refractivity contribution in [3.63, 3.8) is 0 Å². The summed E-state index contributed by atoms with van der Waals surface area (Å²) in [5, 5.41) is 0. The van der Waals surface area contributed by atoms with Crippen LogP contribution < -0.4 is 0 Å². The molecule has 9 atom stereocenters. The van der Waals surface area contributed by atoms with Crippen molar-refractivity contribution in [3.05, 3.63) is 0 Å². The first-order chi connectivity index (χ1) is 14.8. The SMILES string of the molecule is CC1(C)CC[C@@]23CC[C@@]4(C)[C@H](CC[C@H]5[C@@]6(C)CCC(=O)C(C)(C)[C@@H]6CC[C@@]54C)[C@@H]2[C@@H]1OC3. The first-order valence-electron chi connectivity index (χ1n) is 14.0. The standard InChI is InChI=1S/C30H48O2/c1-25(2)14-16-30-17-15-28(6)19(23(30)24(25)32-18-30)8-9-21-27(5)12-11-22(31)26(3,4)20(27)10-13-29(21,28)7/h19-21,23-24H,8-18H2,1-7H3/t19-,20+,21+,23-,24+,27+,28+,29+,30+/m1/s1. The summed E-state index contributed by atoms with van der Waals surface area (Å²) in [6.07, 6.45) is 13.3. The summed E-state index contributed by atoms with van der Waals surface area (Å²) < 4.78 is 6.70. The molecule has 0 amide bonds. The van der Waals surface area contributed by atoms with E-state index in [-0.39, 0.29) is 5.41 Å². The van der Waals surface area contributed by atoms with Crippen molar-refractivity contribution in [1.29, 1.82) is 0 Å². The van der Waals surface area contributed by atoms with Gasteiger partial charge in [0.15, 0.2) is 0 Å². The molecule has 1 aliphatic heterocycles. The zero-order valence-electron chi connectivity index (χ0n) is 22.0. The molecule has 180 valence electrons. The average Bonchev–Trinajstić information content (AvgIpc) is 3.05. The van der Waals surface area contributed by atoms with E-state index in [1.54, 1.807) is 0 Å². The average molecular weight is 441 g/mol. The number of ether oxygens (including phenoxy) is 1. The third kappa shape index (κ3) is 2.35. The van der Waals surface area contributed by atoms with E-state index in [0.717, 1.165) is 37.2 Å². The van der Waals surface area contributed by atoms with E-state index in [9.17, 15) is 4.79 Å². The van der Waals surface area contributed by atoms with E-state index in [1.165, 1.54) is 51.4 Å². The molecule has 0 aromatic carbocycles. The lowest BCUT2D eigenvalue weighted by atomic mass is 9.31. The van der Waals surface area contributed by atoms with Crippen LogP contribution in [0, 0.1) is 56.2 Å². The van der Waals surface area contributed by atoms with Gasteiger partial charge in [0.1, 0.15) is 5.78 Å². The molecular formula is C30H48O2. The zero-order chi connectivity index (χ0) is 22.9. The van der Waals surface area contributed by atoms with Gasteiger partial charge in [0.05, 0.1) is 12.7 Å². The molecule has 1 saturated heterocycles. The highest BCUT2D eigenvalue weighted by Crippen LogP contribution is 2.77. The summed E-state index contributed by atoms with van der Waals surface area (Å²) in [5.74, 6) is 3.46. The van der Waals surface area contributed by atoms with Gasteiger partial charge in [-0.2, -0.15) is 0 Å². The summed E-state index contributed by atoms with van der Waals surface area (Å²) in [6.45, 7) is 18.6. The van der Waals surface area contributed by atoms with Gasteiger partial charge in [-0.3, -0.25) is 4.79 Å². The van der Waals surface area contributed by atoms with E-state index < -0.39 is 0 Å². The third-order valence-electron chi connectivity index (χ3n) is 13.9. The second kappa shape index (κ2) is 6.24. The number of ketones is 1. The number of Topliss-reactive ketones (excluding diaryl/α,β-unsaturated/α-hetero) is 1. The van der Waals surface area contributed by atoms with Crippen molar-refractivity contribution >= 4 is 5.78 Å². The molecule has 0 unspecified atom stereocenters. The Morgan fingerprint density at radius 2 is 1.47 bits per heavy atom. The van der Waals surface area contributed by atoms with Gasteiger partial charge in [-0.25, -0.2) is 0 Å². The summed E-state index contributed by atoms with van der Waals surface area (Å²) in [6, 6.07) is 0. The number of carbonyl (C=O) groups excluding carboxylic acids is 1. The second-order valence-electron chi connectivity index (χ2n) is 15.4. The van der Waals surface area contributed by atoms with Crippen LogP contribution >= 0.6 is 0 Å². The Morgan fingerprint density at radius 3 is 2.22 bits per heavy atom. The van der Waals surface area contributed by atoms with E-state index in [1.807, 2.05) is 0 Å². The van der Waals surface area contributed by atoms with Crippen LogP contribution in [0.15, 0.2) is 0 Å². The lowest BCUT2D eigenvalue weighted by Crippen LogP contribution is -2.67. The minimum Gasteiger partial charge on any atom is -0.377 e. The fourth-order valence-corrected chi connectivity index (χ4v) is 11.8. The molecule has 0 aromatic heterocycles. The van der Waals surface area contributed by atoms with Gasteiger partial charge < -0.3 is 4.74 Å². The Balaban J connectivity index is 1.40. The molecule has 0 radical (unpaired) electrons. The molecule has 0 N–H and O–H groups in total. The first kappa shape index (κ1) is 22.1. The minimum atomic E-state index is -0.136. The smallest absolute Gasteiger partial charge is 0.138 e. The maximum absolute atomic E-state index is 12.9. The molecule has 5 aliphatic carbocycles. The van der Waals surface area contributed by atoms with Gasteiger partial charge in [-0.1, -0.05) is 48.5 Å². The third-order valence-corrected chi connectivity index (χ3v) is 13.9. The number of carbonyl (C=O) groups is 1. The molecule has 0 aromatic rings. The lowest BCUT2D eigenvalue weighted by Gasteiger charge is -2.72. The highest BCUT2D eigenvalue weighted by molar-refractivity contribution is 5.85. The monoisotopic (exact) mass is 440 g/mol. The predicted molar refractivity (Wildman–Crippen MR) is 129 cm³/mol. The van der Waals surface area contributed by atoms with Crippen molar-refractivity contribution in [3.8, 4) is 0 Å². The Morgan fingerprint density at radius 1 is 0.750 bits per heavy atom. The van der Waals surface area contributed by atoms with Crippen LogP contribution in [0.25, 0.3) is 0 Å². The van der Waals surface area contributed by atoms with Crippen LogP contribution in [-0.4, -0.2) is 18.5 Å². The highest BCUT2D eigenvalue weighted by Gasteiger charge is 2.72. The molecule has 2 nitrogen and oxygen atoms in total. The van der Waals surface area contributed by atoms with E-state index >= 15 is 0 Å². The molecule has 2 bridgehead atoms. The molecular weight excluding hydrogens is 392 g/mol. The van der Waals surface area contributed by atoms with Crippen LogP contribution in [0.4, 0.5) is 0 Å². The van der Waals surface area contributed by atoms with Gasteiger partial charge in [-0.15, -0.1) is 0 Å². The van der Waals surface area contributed by atoms with E-state index in [2.05, 4.69) is 48.5 Å². The predicted octanol–water partition coefficient (Wildman–Crippen LogP) is 7.45. The number of rotatable bonds is 0. The van der Waals surface area contributed by atoms with Crippen LogP contribution in [0.1, 0.15) is 113 Å². The van der Waals surface area contributed by atoms with Crippen molar-refractivity contribution < 1.29 is 9.53 Å². The molecule has 6 aliphatic rings. The summed E-state index contributed by atoms with van der Waals surface area (Å²) >= 11 is 0. The Kier molecular flexibility index (Phi) is 4.31. The van der Waals surface area contributed by atoms with Crippen molar-refractivity contribution in [1.82, 2.24) is 0 Å².